The van der Waals surface area contributed by atoms with Crippen molar-refractivity contribution in [1.29, 1.82) is 0 Å². The molecule has 8 rings (SSSR count). The highest BCUT2D eigenvalue weighted by Crippen LogP contribution is 2.53. The SMILES string of the molecule is CC[C@@]1(F)O[C@@H](N2C=CC(N)NC2=O)[C@](C)(F)[C@@H]1C.CC[C@@]1(F)O[C@@H](n2ccc(=O)[nH]c2=O)[C@](C)(F)[C@@H]1C.C[C@]1(F)[C@H](n2ccc(=O)[nH]c2=O)O[C@](F)(CO)[C@H]1O.C[C@]1(F)[C@H](n2ccc(N)nc2=O)O[C@](F)(CO)[C@H]1O. The molecule has 24 nitrogen and oxygen atoms in total. The van der Waals surface area contributed by atoms with Crippen LogP contribution < -0.4 is 45.0 Å². The number of urea groups is 1. The number of nitrogens with zero attached hydrogens (tertiary/aromatic N) is 5. The minimum atomic E-state index is -3.02. The number of ether oxygens (including phenoxy) is 4. The van der Waals surface area contributed by atoms with Gasteiger partial charge in [-0.3, -0.25) is 38.2 Å². The summed E-state index contributed by atoms with van der Waals surface area (Å²) < 4.78 is 137. The molecule has 0 aromatic carbocycles. The van der Waals surface area contributed by atoms with Crippen LogP contribution in [0.25, 0.3) is 0 Å². The molecule has 426 valence electrons. The number of carbonyl (C=O) groups excluding carboxylic acids is 1. The van der Waals surface area contributed by atoms with E-state index >= 15 is 0 Å². The number of aromatic nitrogens is 6. The van der Waals surface area contributed by atoms with E-state index < -0.39 is 149 Å². The summed E-state index contributed by atoms with van der Waals surface area (Å²) in [6.07, 6.45) is -5.55. The maximum absolute atomic E-state index is 14.8. The standard InChI is InChI=1S/C12H19F2N3O2.C12H16F2N2O3.C10H13F2N3O4.C10H12F2N2O5/c1-4-12(14)7(2)11(3,13)9(19-12)17-6-5-8(15)16-10(17)18;1-4-12(14)7(2)11(3,13)9(19-12)16-6-5-8(17)15-10(16)18;1-9(11)6(17)10(12,4-16)19-7(9)15-3-2-5(13)14-8(15)18;1-9(11)6(17)10(12,4-15)19-7(9)14-3-2-5(16)13-8(14)18/h5-9H,4,15H2,1-3H3,(H,16,18);5-7,9H,4H2,1-3H3,(H,15,17,18);2-3,6-7,16-17H,4H2,1H3,(H2,13,14,18);2-3,6-7,15,17H,4H2,1H3,(H,13,16,18)/t7-,8?,9+,11+,12+;7-,9+,11+,12+;2*6-,7+,9+,10+/m0000/s1. The van der Waals surface area contributed by atoms with Crippen LogP contribution >= 0.6 is 0 Å². The molecule has 0 radical (unpaired) electrons. The minimum absolute atomic E-state index is 0.0167. The summed E-state index contributed by atoms with van der Waals surface area (Å²) in [6.45, 7) is 7.58. The molecule has 2 amide bonds. The van der Waals surface area contributed by atoms with Gasteiger partial charge in [0.05, 0.1) is 18.0 Å². The average Bonchev–Trinajstić information content (AvgIpc) is 3.82. The third-order valence-corrected chi connectivity index (χ3v) is 14.0. The van der Waals surface area contributed by atoms with Crippen LogP contribution in [0.2, 0.25) is 0 Å². The number of aliphatic hydroxyl groups is 4. The summed E-state index contributed by atoms with van der Waals surface area (Å²) in [6, 6.07) is 2.58. The number of nitrogens with one attached hydrogen (secondary N) is 3. The molecule has 0 aliphatic carbocycles. The second kappa shape index (κ2) is 21.5. The smallest absolute Gasteiger partial charge is 0.351 e. The summed E-state index contributed by atoms with van der Waals surface area (Å²) in [7, 11) is 0. The van der Waals surface area contributed by atoms with Crippen molar-refractivity contribution in [2.75, 3.05) is 18.9 Å². The van der Waals surface area contributed by atoms with Gasteiger partial charge in [-0.25, -0.2) is 54.3 Å². The number of hydrogen-bond donors (Lipinski definition) is 9. The number of carbonyl (C=O) groups is 1. The Morgan fingerprint density at radius 2 is 0.974 bits per heavy atom. The first-order chi connectivity index (χ1) is 34.9. The van der Waals surface area contributed by atoms with E-state index in [2.05, 4.69) is 19.8 Å². The quantitative estimate of drug-likeness (QED) is 0.142. The van der Waals surface area contributed by atoms with Gasteiger partial charge in [-0.2, -0.15) is 4.98 Å². The number of halogens is 8. The fourth-order valence-corrected chi connectivity index (χ4v) is 8.79. The largest absolute Gasteiger partial charge is 0.390 e. The van der Waals surface area contributed by atoms with Gasteiger partial charge >= 0.3 is 23.1 Å². The van der Waals surface area contributed by atoms with Gasteiger partial charge in [0, 0.05) is 49.8 Å². The van der Waals surface area contributed by atoms with Crippen molar-refractivity contribution in [2.24, 2.45) is 17.6 Å². The molecule has 3 aromatic rings. The third kappa shape index (κ3) is 11.1. The Labute approximate surface area is 424 Å². The van der Waals surface area contributed by atoms with Crippen LogP contribution in [0, 0.1) is 11.8 Å². The lowest BCUT2D eigenvalue weighted by molar-refractivity contribution is -0.207. The average molecular weight is 1110 g/mol. The number of amides is 2. The van der Waals surface area contributed by atoms with Crippen molar-refractivity contribution < 1.29 is 79.3 Å². The summed E-state index contributed by atoms with van der Waals surface area (Å²) in [5, 5.41) is 39.2. The van der Waals surface area contributed by atoms with Crippen LogP contribution in [0.15, 0.2) is 73.0 Å². The molecular weight excluding hydrogens is 1040 g/mol. The lowest BCUT2D eigenvalue weighted by atomic mass is 9.87. The number of H-pyrrole nitrogens is 2. The van der Waals surface area contributed by atoms with Crippen LogP contribution in [-0.4, -0.2) is 144 Å². The molecular formula is C44H60F8N10O14. The molecule has 5 aliphatic heterocycles. The molecule has 11 N–H and O–H groups in total. The Morgan fingerprint density at radius 3 is 1.33 bits per heavy atom. The van der Waals surface area contributed by atoms with Gasteiger partial charge in [-0.1, -0.05) is 27.7 Å². The van der Waals surface area contributed by atoms with E-state index in [-0.39, 0.29) is 18.7 Å². The normalized spacial score (nSPS) is 40.6. The second-order valence-corrected chi connectivity index (χ2v) is 19.2. The van der Waals surface area contributed by atoms with E-state index in [1.807, 2.05) is 9.97 Å². The second-order valence-electron chi connectivity index (χ2n) is 19.2. The topological polar surface area (TPSA) is 347 Å². The van der Waals surface area contributed by atoms with Crippen molar-refractivity contribution in [1.82, 2.24) is 38.9 Å². The highest BCUT2D eigenvalue weighted by Gasteiger charge is 2.66. The monoisotopic (exact) mass is 1100 g/mol. The first-order valence-corrected chi connectivity index (χ1v) is 23.2. The van der Waals surface area contributed by atoms with Crippen molar-refractivity contribution in [3.8, 4) is 0 Å². The summed E-state index contributed by atoms with van der Waals surface area (Å²) in [4.78, 5) is 76.7. The van der Waals surface area contributed by atoms with E-state index in [0.717, 1.165) is 54.0 Å². The third-order valence-electron chi connectivity index (χ3n) is 14.0. The van der Waals surface area contributed by atoms with E-state index in [1.165, 1.54) is 46.0 Å². The lowest BCUT2D eigenvalue weighted by Crippen LogP contribution is -2.56. The van der Waals surface area contributed by atoms with Gasteiger partial charge in [0.2, 0.25) is 11.7 Å². The fraction of sp³-hybridized carbons (Fsp3) is 0.659. The molecule has 4 fully saturated rings. The Balaban J connectivity index is 0.000000187. The van der Waals surface area contributed by atoms with Gasteiger partial charge in [-0.15, -0.1) is 0 Å². The zero-order valence-corrected chi connectivity index (χ0v) is 41.9. The number of hydrogen-bond acceptors (Lipinski definition) is 17. The van der Waals surface area contributed by atoms with E-state index in [9.17, 15) is 74.1 Å². The van der Waals surface area contributed by atoms with Crippen LogP contribution in [0.3, 0.4) is 0 Å². The predicted octanol–water partition coefficient (Wildman–Crippen LogP) is 1.03. The van der Waals surface area contributed by atoms with E-state index in [4.69, 9.17) is 31.2 Å². The number of nitrogen functional groups attached to an aromatic ring is 1. The van der Waals surface area contributed by atoms with Crippen LogP contribution in [-0.2, 0) is 18.9 Å². The Kier molecular flexibility index (Phi) is 17.3. The Bertz CT molecular complexity index is 2820. The number of rotatable bonds is 8. The van der Waals surface area contributed by atoms with Gasteiger partial charge in [0.15, 0.2) is 59.8 Å². The molecule has 0 bridgehead atoms. The summed E-state index contributed by atoms with van der Waals surface area (Å²) in [5.41, 5.74) is -2.68. The van der Waals surface area contributed by atoms with Crippen molar-refractivity contribution in [3.05, 3.63) is 101 Å². The van der Waals surface area contributed by atoms with Crippen molar-refractivity contribution in [3.63, 3.8) is 0 Å². The maximum Gasteiger partial charge on any atom is 0.351 e. The molecule has 4 saturated heterocycles. The summed E-state index contributed by atoms with van der Waals surface area (Å²) >= 11 is 0. The van der Waals surface area contributed by atoms with Gasteiger partial charge < -0.3 is 56.2 Å². The van der Waals surface area contributed by atoms with E-state index in [1.54, 1.807) is 13.8 Å². The fourth-order valence-electron chi connectivity index (χ4n) is 8.79. The molecule has 76 heavy (non-hydrogen) atoms. The van der Waals surface area contributed by atoms with E-state index in [0.29, 0.717) is 9.13 Å². The van der Waals surface area contributed by atoms with Crippen LogP contribution in [0.4, 0.5) is 45.7 Å². The molecule has 0 saturated carbocycles. The summed E-state index contributed by atoms with van der Waals surface area (Å²) in [5.74, 6) is -12.3. The first-order valence-electron chi connectivity index (χ1n) is 23.2. The molecule has 3 aromatic heterocycles. The van der Waals surface area contributed by atoms with Crippen molar-refractivity contribution >= 4 is 11.8 Å². The van der Waals surface area contributed by atoms with Crippen molar-refractivity contribution in [2.45, 2.75) is 158 Å². The zero-order valence-electron chi connectivity index (χ0n) is 41.9. The molecule has 1 unspecified atom stereocenters. The number of anilines is 1. The molecule has 32 heteroatoms. The zero-order chi connectivity index (χ0) is 57.7. The highest BCUT2D eigenvalue weighted by molar-refractivity contribution is 5.77. The molecule has 17 atom stereocenters. The Hall–Kier alpha value is -5.87. The van der Waals surface area contributed by atoms with Gasteiger partial charge in [-0.05, 0) is 39.8 Å². The van der Waals surface area contributed by atoms with Crippen LogP contribution in [0.1, 0.15) is 86.9 Å². The number of aliphatic hydroxyl groups excluding tert-OH is 4. The molecule has 0 spiro atoms. The highest BCUT2D eigenvalue weighted by atomic mass is 19.2. The Morgan fingerprint density at radius 1 is 0.605 bits per heavy atom. The van der Waals surface area contributed by atoms with Crippen LogP contribution in [0.5, 0.6) is 0 Å². The lowest BCUT2D eigenvalue weighted by Gasteiger charge is -2.34. The molecule has 8 heterocycles. The first kappa shape index (κ1) is 61.0. The van der Waals surface area contributed by atoms with Gasteiger partial charge in [0.1, 0.15) is 19.0 Å². The minimum Gasteiger partial charge on any atom is -0.390 e. The maximum atomic E-state index is 14.8. The predicted molar refractivity (Wildman–Crippen MR) is 247 cm³/mol. The molecule has 5 aliphatic rings. The number of alkyl halides is 8. The number of aromatic amines is 2. The van der Waals surface area contributed by atoms with Gasteiger partial charge in [0.25, 0.3) is 22.8 Å². The number of nitrogens with two attached hydrogens (primary N) is 2.